The van der Waals surface area contributed by atoms with Gasteiger partial charge in [-0.15, -0.1) is 21.5 Å². The van der Waals surface area contributed by atoms with Crippen LogP contribution in [0.5, 0.6) is 0 Å². The average Bonchev–Trinajstić information content (AvgIpc) is 3.35. The topological polar surface area (TPSA) is 73.6 Å². The number of fused-ring (bicyclic) bond motifs is 1. The Morgan fingerprint density at radius 1 is 1.07 bits per heavy atom. The molecule has 0 amide bonds. The highest BCUT2D eigenvalue weighted by molar-refractivity contribution is 7.13. The Bertz CT molecular complexity index is 1180. The van der Waals surface area contributed by atoms with E-state index < -0.39 is 0 Å². The Morgan fingerprint density at radius 2 is 1.90 bits per heavy atom. The number of quaternary nitrogens is 1. The third kappa shape index (κ3) is 4.31. The molecule has 0 radical (unpaired) electrons. The molecule has 4 rings (SSSR count). The molecular weight excluding hydrogens is 386 g/mol. The molecule has 0 saturated heterocycles. The second-order valence-corrected chi connectivity index (χ2v) is 8.30. The number of hydrogen-bond donors (Lipinski definition) is 1. The fraction of sp³-hybridized carbons (Fsp3) is 0.318. The Balaban J connectivity index is 1.62. The number of rotatable bonds is 7. The minimum atomic E-state index is -0.315. The van der Waals surface area contributed by atoms with E-state index >= 15 is 0 Å². The molecule has 29 heavy (non-hydrogen) atoms. The van der Waals surface area contributed by atoms with Gasteiger partial charge < -0.3 is 13.7 Å². The van der Waals surface area contributed by atoms with Crippen molar-refractivity contribution in [3.05, 3.63) is 68.7 Å². The molecule has 0 aliphatic heterocycles. The molecule has 0 aliphatic carbocycles. The van der Waals surface area contributed by atoms with Crippen molar-refractivity contribution in [3.63, 3.8) is 0 Å². The van der Waals surface area contributed by atoms with Gasteiger partial charge in [-0.05, 0) is 55.0 Å². The summed E-state index contributed by atoms with van der Waals surface area (Å²) in [6.45, 7) is 8.48. The first-order valence-corrected chi connectivity index (χ1v) is 10.6. The summed E-state index contributed by atoms with van der Waals surface area (Å²) in [5, 5.41) is 11.4. The largest absolute Gasteiger partial charge is 0.423 e. The van der Waals surface area contributed by atoms with Gasteiger partial charge in [0.15, 0.2) is 6.54 Å². The number of aryl methyl sites for hydroxylation is 2. The summed E-state index contributed by atoms with van der Waals surface area (Å²) in [5.74, 6) is 1.17. The molecule has 0 fully saturated rings. The Kier molecular flexibility index (Phi) is 5.60. The molecule has 150 valence electrons. The van der Waals surface area contributed by atoms with Gasteiger partial charge in [0, 0.05) is 17.0 Å². The highest BCUT2D eigenvalue weighted by Gasteiger charge is 2.18. The lowest BCUT2D eigenvalue weighted by Crippen LogP contribution is -3.09. The predicted molar refractivity (Wildman–Crippen MR) is 113 cm³/mol. The van der Waals surface area contributed by atoms with Crippen molar-refractivity contribution in [2.45, 2.75) is 40.3 Å². The number of nitrogens with one attached hydrogen (secondary N) is 1. The van der Waals surface area contributed by atoms with E-state index in [9.17, 15) is 4.79 Å². The van der Waals surface area contributed by atoms with Gasteiger partial charge in [0.1, 0.15) is 12.1 Å². The quantitative estimate of drug-likeness (QED) is 0.472. The van der Waals surface area contributed by atoms with Crippen LogP contribution >= 0.6 is 11.3 Å². The van der Waals surface area contributed by atoms with E-state index in [0.29, 0.717) is 30.5 Å². The third-order valence-electron chi connectivity index (χ3n) is 5.09. The van der Waals surface area contributed by atoms with Crippen LogP contribution in [0, 0.1) is 13.8 Å². The van der Waals surface area contributed by atoms with Crippen LogP contribution < -0.4 is 10.5 Å². The molecule has 0 aliphatic rings. The lowest BCUT2D eigenvalue weighted by atomic mass is 10.0. The van der Waals surface area contributed by atoms with Crippen LogP contribution in [-0.4, -0.2) is 16.7 Å². The summed E-state index contributed by atoms with van der Waals surface area (Å²) < 4.78 is 11.3. The molecule has 1 aromatic carbocycles. The second kappa shape index (κ2) is 8.31. The number of nitrogens with zero attached hydrogens (tertiary/aromatic N) is 2. The van der Waals surface area contributed by atoms with E-state index in [4.69, 9.17) is 8.83 Å². The van der Waals surface area contributed by atoms with Crippen LogP contribution in [0.1, 0.15) is 35.9 Å². The molecule has 7 heteroatoms. The van der Waals surface area contributed by atoms with Crippen molar-refractivity contribution >= 4 is 22.3 Å². The van der Waals surface area contributed by atoms with Gasteiger partial charge in [0.05, 0.1) is 11.4 Å². The van der Waals surface area contributed by atoms with Crippen molar-refractivity contribution < 1.29 is 13.7 Å². The standard InChI is InChI=1S/C22H23N3O3S/c1-4-7-25(13-20-23-24-22(28-20)19-6-5-8-29-19)12-16-11-21(26)27-18-10-15(3)14(2)9-17(16)18/h5-6,8-11H,4,7,12-13H2,1-3H3/p+1. The minimum absolute atomic E-state index is 0.315. The molecule has 1 unspecified atom stereocenters. The highest BCUT2D eigenvalue weighted by atomic mass is 32.1. The van der Waals surface area contributed by atoms with Gasteiger partial charge in [-0.1, -0.05) is 13.0 Å². The van der Waals surface area contributed by atoms with Gasteiger partial charge >= 0.3 is 5.63 Å². The summed E-state index contributed by atoms with van der Waals surface area (Å²) in [5.41, 5.74) is 3.61. The van der Waals surface area contributed by atoms with Crippen LogP contribution in [0.2, 0.25) is 0 Å². The summed E-state index contributed by atoms with van der Waals surface area (Å²) in [7, 11) is 0. The van der Waals surface area contributed by atoms with E-state index in [1.165, 1.54) is 10.5 Å². The molecule has 1 atom stereocenters. The van der Waals surface area contributed by atoms with E-state index in [-0.39, 0.29) is 5.63 Å². The van der Waals surface area contributed by atoms with Crippen LogP contribution in [0.15, 0.2) is 49.3 Å². The fourth-order valence-electron chi connectivity index (χ4n) is 3.53. The zero-order valence-electron chi connectivity index (χ0n) is 16.8. The summed E-state index contributed by atoms with van der Waals surface area (Å²) in [6, 6.07) is 9.60. The average molecular weight is 411 g/mol. The summed E-state index contributed by atoms with van der Waals surface area (Å²) >= 11 is 1.58. The Hall–Kier alpha value is -2.77. The molecule has 0 spiro atoms. The number of benzene rings is 1. The molecular formula is C22H24N3O3S+. The van der Waals surface area contributed by atoms with Crippen LogP contribution in [0.4, 0.5) is 0 Å². The van der Waals surface area contributed by atoms with Crippen LogP contribution in [0.3, 0.4) is 0 Å². The zero-order valence-corrected chi connectivity index (χ0v) is 17.6. The first-order chi connectivity index (χ1) is 14.0. The predicted octanol–water partition coefficient (Wildman–Crippen LogP) is 3.52. The first-order valence-electron chi connectivity index (χ1n) is 9.77. The molecule has 3 aromatic heterocycles. The highest BCUT2D eigenvalue weighted by Crippen LogP contribution is 2.23. The number of hydrogen-bond acceptors (Lipinski definition) is 6. The molecule has 1 N–H and O–H groups in total. The van der Waals surface area contributed by atoms with Gasteiger partial charge in [-0.25, -0.2) is 4.79 Å². The monoisotopic (exact) mass is 410 g/mol. The molecule has 0 bridgehead atoms. The minimum Gasteiger partial charge on any atom is -0.423 e. The normalized spacial score (nSPS) is 12.5. The zero-order chi connectivity index (χ0) is 20.4. The van der Waals surface area contributed by atoms with Crippen molar-refractivity contribution in [1.82, 2.24) is 10.2 Å². The summed E-state index contributed by atoms with van der Waals surface area (Å²) in [6.07, 6.45) is 1.01. The summed E-state index contributed by atoms with van der Waals surface area (Å²) in [4.78, 5) is 14.4. The SMILES string of the molecule is CCC[NH+](Cc1nnc(-c2cccs2)o1)Cc1cc(=O)oc2cc(C)c(C)cc12. The van der Waals surface area contributed by atoms with Gasteiger partial charge in [0.2, 0.25) is 0 Å². The van der Waals surface area contributed by atoms with Crippen LogP contribution in [-0.2, 0) is 13.1 Å². The lowest BCUT2D eigenvalue weighted by Gasteiger charge is -2.18. The van der Waals surface area contributed by atoms with E-state index in [2.05, 4.69) is 30.1 Å². The van der Waals surface area contributed by atoms with E-state index in [1.54, 1.807) is 17.4 Å². The molecule has 3 heterocycles. The maximum atomic E-state index is 12.1. The molecule has 6 nitrogen and oxygen atoms in total. The van der Waals surface area contributed by atoms with Crippen molar-refractivity contribution in [3.8, 4) is 10.8 Å². The van der Waals surface area contributed by atoms with Crippen LogP contribution in [0.25, 0.3) is 21.7 Å². The van der Waals surface area contributed by atoms with Gasteiger partial charge in [-0.3, -0.25) is 0 Å². The van der Waals surface area contributed by atoms with Crippen molar-refractivity contribution in [2.24, 2.45) is 0 Å². The Morgan fingerprint density at radius 3 is 2.66 bits per heavy atom. The smallest absolute Gasteiger partial charge is 0.336 e. The van der Waals surface area contributed by atoms with E-state index in [0.717, 1.165) is 34.4 Å². The number of aromatic nitrogens is 2. The molecule has 0 saturated carbocycles. The maximum Gasteiger partial charge on any atom is 0.336 e. The molecule has 4 aromatic rings. The van der Waals surface area contributed by atoms with E-state index in [1.807, 2.05) is 30.5 Å². The van der Waals surface area contributed by atoms with Crippen molar-refractivity contribution in [1.29, 1.82) is 0 Å². The fourth-order valence-corrected chi connectivity index (χ4v) is 4.17. The van der Waals surface area contributed by atoms with Gasteiger partial charge in [0.25, 0.3) is 11.8 Å². The number of thiophene rings is 1. The van der Waals surface area contributed by atoms with Gasteiger partial charge in [-0.2, -0.15) is 0 Å². The third-order valence-corrected chi connectivity index (χ3v) is 5.95. The first kappa shape index (κ1) is 19.5. The Labute approximate surface area is 172 Å². The maximum absolute atomic E-state index is 12.1. The van der Waals surface area contributed by atoms with Crippen molar-refractivity contribution in [2.75, 3.05) is 6.54 Å². The lowest BCUT2D eigenvalue weighted by molar-refractivity contribution is -0.928. The second-order valence-electron chi connectivity index (χ2n) is 7.36.